The highest BCUT2D eigenvalue weighted by atomic mass is 32.2. The van der Waals surface area contributed by atoms with Crippen molar-refractivity contribution >= 4 is 27.6 Å². The third-order valence-electron chi connectivity index (χ3n) is 5.03. The minimum Gasteiger partial charge on any atom is -0.465 e. The molecule has 0 bridgehead atoms. The van der Waals surface area contributed by atoms with E-state index in [-0.39, 0.29) is 36.4 Å². The molecule has 0 radical (unpaired) electrons. The first-order valence-corrected chi connectivity index (χ1v) is 10.7. The van der Waals surface area contributed by atoms with Crippen molar-refractivity contribution in [3.8, 4) is 0 Å². The number of carbonyl (C=O) groups is 2. The largest absolute Gasteiger partial charge is 0.465 e. The molecule has 3 rings (SSSR count). The van der Waals surface area contributed by atoms with Crippen LogP contribution in [0.25, 0.3) is 0 Å². The summed E-state index contributed by atoms with van der Waals surface area (Å²) in [6.07, 6.45) is 0.244. The molecule has 1 heterocycles. The molecule has 0 aliphatic carbocycles. The lowest BCUT2D eigenvalue weighted by Gasteiger charge is -2.31. The van der Waals surface area contributed by atoms with Crippen LogP contribution in [0.5, 0.6) is 0 Å². The van der Waals surface area contributed by atoms with Crippen molar-refractivity contribution in [3.63, 3.8) is 0 Å². The molecule has 1 aliphatic rings. The smallest absolute Gasteiger partial charge is 0.339 e. The van der Waals surface area contributed by atoms with Crippen LogP contribution in [-0.4, -0.2) is 44.8 Å². The van der Waals surface area contributed by atoms with E-state index >= 15 is 0 Å². The Morgan fingerprint density at radius 1 is 1.03 bits per heavy atom. The number of hydrogen-bond donors (Lipinski definition) is 1. The third kappa shape index (κ3) is 4.57. The van der Waals surface area contributed by atoms with Crippen LogP contribution in [0.15, 0.2) is 41.3 Å². The first-order chi connectivity index (χ1) is 14.7. The van der Waals surface area contributed by atoms with Gasteiger partial charge in [0.05, 0.1) is 23.3 Å². The maximum Gasteiger partial charge on any atom is 0.339 e. The van der Waals surface area contributed by atoms with E-state index in [1.165, 1.54) is 24.3 Å². The Morgan fingerprint density at radius 2 is 1.68 bits per heavy atom. The minimum absolute atomic E-state index is 0.0177. The van der Waals surface area contributed by atoms with Crippen molar-refractivity contribution in [3.05, 3.63) is 59.4 Å². The molecule has 7 nitrogen and oxygen atoms in total. The number of ether oxygens (including phenoxy) is 1. The Balaban J connectivity index is 1.70. The van der Waals surface area contributed by atoms with Crippen LogP contribution in [-0.2, 0) is 19.6 Å². The Bertz CT molecular complexity index is 1120. The molecule has 2 aromatic carbocycles. The van der Waals surface area contributed by atoms with Crippen LogP contribution in [0, 0.1) is 23.4 Å². The van der Waals surface area contributed by atoms with Gasteiger partial charge in [-0.15, -0.1) is 0 Å². The summed E-state index contributed by atoms with van der Waals surface area (Å²) in [6.45, 7) is -0.0353. The average molecular weight is 456 g/mol. The summed E-state index contributed by atoms with van der Waals surface area (Å²) < 4.78 is 71.9. The predicted octanol–water partition coefficient (Wildman–Crippen LogP) is 2.93. The molecule has 31 heavy (non-hydrogen) atoms. The third-order valence-corrected chi connectivity index (χ3v) is 6.98. The summed E-state index contributed by atoms with van der Waals surface area (Å²) in [5.74, 6) is -6.65. The van der Waals surface area contributed by atoms with E-state index in [0.29, 0.717) is 6.07 Å². The van der Waals surface area contributed by atoms with Crippen molar-refractivity contribution in [1.82, 2.24) is 4.31 Å². The van der Waals surface area contributed by atoms with Gasteiger partial charge in [-0.1, -0.05) is 12.1 Å². The number of nitrogens with one attached hydrogen (secondary N) is 1. The van der Waals surface area contributed by atoms with Crippen LogP contribution in [0.4, 0.5) is 18.9 Å². The summed E-state index contributed by atoms with van der Waals surface area (Å²) in [5, 5.41) is 2.22. The number of hydrogen-bond acceptors (Lipinski definition) is 5. The zero-order valence-corrected chi connectivity index (χ0v) is 17.2. The van der Waals surface area contributed by atoms with Crippen LogP contribution >= 0.6 is 0 Å². The lowest BCUT2D eigenvalue weighted by Crippen LogP contribution is -2.41. The molecule has 1 saturated heterocycles. The second-order valence-electron chi connectivity index (χ2n) is 6.88. The number of nitrogens with zero attached hydrogens (tertiary/aromatic N) is 1. The summed E-state index contributed by atoms with van der Waals surface area (Å²) >= 11 is 0. The minimum atomic E-state index is -4.02. The molecule has 1 N–H and O–H groups in total. The first kappa shape index (κ1) is 22.8. The maximum absolute atomic E-state index is 13.8. The SMILES string of the molecule is COC(=O)c1ccccc1S(=O)(=O)N1CCC(C(=O)Nc2ccc(F)c(F)c2F)CC1. The molecule has 166 valence electrons. The highest BCUT2D eigenvalue weighted by molar-refractivity contribution is 7.89. The number of amides is 1. The normalized spacial score (nSPS) is 15.5. The molecule has 1 aliphatic heterocycles. The number of sulfonamides is 1. The van der Waals surface area contributed by atoms with E-state index in [1.807, 2.05) is 0 Å². The lowest BCUT2D eigenvalue weighted by atomic mass is 9.97. The zero-order chi connectivity index (χ0) is 22.8. The number of piperidine rings is 1. The number of benzene rings is 2. The van der Waals surface area contributed by atoms with Crippen LogP contribution in [0.3, 0.4) is 0 Å². The molecule has 0 spiro atoms. The van der Waals surface area contributed by atoms with Crippen LogP contribution in [0.2, 0.25) is 0 Å². The monoisotopic (exact) mass is 456 g/mol. The fraction of sp³-hybridized carbons (Fsp3) is 0.300. The highest BCUT2D eigenvalue weighted by Gasteiger charge is 2.34. The number of carbonyl (C=O) groups excluding carboxylic acids is 2. The number of methoxy groups -OCH3 is 1. The van der Waals surface area contributed by atoms with Gasteiger partial charge in [-0.25, -0.2) is 26.4 Å². The average Bonchev–Trinajstić information content (AvgIpc) is 2.79. The molecular weight excluding hydrogens is 437 g/mol. The Morgan fingerprint density at radius 3 is 2.32 bits per heavy atom. The van der Waals surface area contributed by atoms with Gasteiger partial charge in [0.1, 0.15) is 0 Å². The van der Waals surface area contributed by atoms with Gasteiger partial charge < -0.3 is 10.1 Å². The number of rotatable bonds is 5. The fourth-order valence-electron chi connectivity index (χ4n) is 3.32. The van der Waals surface area contributed by atoms with Gasteiger partial charge >= 0.3 is 5.97 Å². The Labute approximate surface area is 176 Å². The van der Waals surface area contributed by atoms with Gasteiger partial charge in [0, 0.05) is 19.0 Å². The van der Waals surface area contributed by atoms with E-state index in [0.717, 1.165) is 17.5 Å². The number of esters is 1. The van der Waals surface area contributed by atoms with Crippen molar-refractivity contribution in [2.45, 2.75) is 17.7 Å². The van der Waals surface area contributed by atoms with Gasteiger partial charge in [0.25, 0.3) is 0 Å². The number of halogens is 3. The van der Waals surface area contributed by atoms with Gasteiger partial charge in [-0.05, 0) is 37.1 Å². The summed E-state index contributed by atoms with van der Waals surface area (Å²) in [4.78, 5) is 24.1. The van der Waals surface area contributed by atoms with Crippen molar-refractivity contribution in [1.29, 1.82) is 0 Å². The molecule has 1 fully saturated rings. The van der Waals surface area contributed by atoms with Gasteiger partial charge in [0.15, 0.2) is 17.5 Å². The Kier molecular flexibility index (Phi) is 6.65. The van der Waals surface area contributed by atoms with Crippen LogP contribution < -0.4 is 5.32 Å². The molecule has 11 heteroatoms. The van der Waals surface area contributed by atoms with E-state index in [1.54, 1.807) is 0 Å². The second kappa shape index (κ2) is 9.06. The van der Waals surface area contributed by atoms with E-state index in [4.69, 9.17) is 0 Å². The first-order valence-electron chi connectivity index (χ1n) is 9.28. The quantitative estimate of drug-likeness (QED) is 0.552. The molecule has 0 unspecified atom stereocenters. The molecule has 1 amide bonds. The fourth-order valence-corrected chi connectivity index (χ4v) is 4.97. The summed E-state index contributed by atoms with van der Waals surface area (Å²) in [5.41, 5.74) is -0.593. The summed E-state index contributed by atoms with van der Waals surface area (Å²) in [7, 11) is -2.88. The lowest BCUT2D eigenvalue weighted by molar-refractivity contribution is -0.120. The van der Waals surface area contributed by atoms with Crippen molar-refractivity contribution in [2.24, 2.45) is 5.92 Å². The number of anilines is 1. The second-order valence-corrected chi connectivity index (χ2v) is 8.78. The predicted molar refractivity (Wildman–Crippen MR) is 104 cm³/mol. The maximum atomic E-state index is 13.8. The summed E-state index contributed by atoms with van der Waals surface area (Å²) in [6, 6.07) is 7.24. The zero-order valence-electron chi connectivity index (χ0n) is 16.4. The van der Waals surface area contributed by atoms with Gasteiger partial charge in [0.2, 0.25) is 15.9 Å². The molecule has 0 aromatic heterocycles. The Hall–Kier alpha value is -2.92. The molecular formula is C20H19F3N2O5S. The van der Waals surface area contributed by atoms with Gasteiger partial charge in [-0.3, -0.25) is 4.79 Å². The van der Waals surface area contributed by atoms with Crippen molar-refractivity contribution < 1.29 is 35.9 Å². The van der Waals surface area contributed by atoms with E-state index in [9.17, 15) is 31.2 Å². The standard InChI is InChI=1S/C20H19F3N2O5S/c1-30-20(27)13-4-2-3-5-16(13)31(28,29)25-10-8-12(9-11-25)19(26)24-15-7-6-14(21)17(22)18(15)23/h2-7,12H,8-11H2,1H3,(H,24,26). The van der Waals surface area contributed by atoms with Crippen molar-refractivity contribution in [2.75, 3.05) is 25.5 Å². The molecule has 0 saturated carbocycles. The van der Waals surface area contributed by atoms with Crippen LogP contribution in [0.1, 0.15) is 23.2 Å². The molecule has 0 atom stereocenters. The van der Waals surface area contributed by atoms with E-state index < -0.39 is 51.0 Å². The molecule has 2 aromatic rings. The van der Waals surface area contributed by atoms with Gasteiger partial charge in [-0.2, -0.15) is 4.31 Å². The van der Waals surface area contributed by atoms with E-state index in [2.05, 4.69) is 10.1 Å². The topological polar surface area (TPSA) is 92.8 Å². The highest BCUT2D eigenvalue weighted by Crippen LogP contribution is 2.28.